The fourth-order valence-corrected chi connectivity index (χ4v) is 4.42. The standard InChI is InChI=1S/C21H19N5O4S2/c1-2-25-19(28)16(17(22)26(21(25)29)11-13-7-4-3-5-8-13)14(27)12-32-20-24-23-18(30-20)15-9-6-10-31-15/h3-10H,2,11-12,22H2,1H3. The van der Waals surface area contributed by atoms with Gasteiger partial charge in [-0.05, 0) is 23.9 Å². The highest BCUT2D eigenvalue weighted by Crippen LogP contribution is 2.27. The number of carbonyl (C=O) groups excluding carboxylic acids is 1. The minimum atomic E-state index is -0.699. The summed E-state index contributed by atoms with van der Waals surface area (Å²) in [5, 5.41) is 10.00. The Kier molecular flexibility index (Phi) is 6.37. The van der Waals surface area contributed by atoms with Crippen LogP contribution in [0.4, 0.5) is 5.82 Å². The Hall–Kier alpha value is -3.44. The summed E-state index contributed by atoms with van der Waals surface area (Å²) in [6.45, 7) is 1.93. The van der Waals surface area contributed by atoms with E-state index in [9.17, 15) is 14.4 Å². The predicted octanol–water partition coefficient (Wildman–Crippen LogP) is 2.75. The highest BCUT2D eigenvalue weighted by Gasteiger charge is 2.23. The molecule has 0 bridgehead atoms. The molecule has 3 heterocycles. The largest absolute Gasteiger partial charge is 0.410 e. The third-order valence-electron chi connectivity index (χ3n) is 4.71. The molecule has 11 heteroatoms. The number of carbonyl (C=O) groups is 1. The predicted molar refractivity (Wildman–Crippen MR) is 123 cm³/mol. The molecule has 0 saturated carbocycles. The van der Waals surface area contributed by atoms with Crippen LogP contribution in [0.15, 0.2) is 67.1 Å². The molecule has 0 spiro atoms. The minimum Gasteiger partial charge on any atom is -0.410 e. The molecule has 0 fully saturated rings. The van der Waals surface area contributed by atoms with Crippen molar-refractivity contribution < 1.29 is 9.21 Å². The van der Waals surface area contributed by atoms with Gasteiger partial charge >= 0.3 is 5.69 Å². The first-order valence-corrected chi connectivity index (χ1v) is 11.6. The quantitative estimate of drug-likeness (QED) is 0.308. The van der Waals surface area contributed by atoms with E-state index in [1.54, 1.807) is 6.92 Å². The fourth-order valence-electron chi connectivity index (χ4n) is 3.14. The number of nitrogens with zero attached hydrogens (tertiary/aromatic N) is 4. The molecule has 0 amide bonds. The lowest BCUT2D eigenvalue weighted by Crippen LogP contribution is -2.44. The molecule has 4 rings (SSSR count). The molecular weight excluding hydrogens is 450 g/mol. The summed E-state index contributed by atoms with van der Waals surface area (Å²) in [4.78, 5) is 39.4. The van der Waals surface area contributed by atoms with Gasteiger partial charge in [0.15, 0.2) is 5.78 Å². The Labute approximate surface area is 190 Å². The first-order valence-electron chi connectivity index (χ1n) is 9.70. The normalized spacial score (nSPS) is 11.0. The number of Topliss-reactive ketones (excluding diaryl/α,β-unsaturated/α-hetero) is 1. The van der Waals surface area contributed by atoms with E-state index in [0.29, 0.717) is 5.89 Å². The molecule has 1 aromatic carbocycles. The van der Waals surface area contributed by atoms with E-state index in [1.807, 2.05) is 47.8 Å². The molecule has 0 aliphatic heterocycles. The molecule has 32 heavy (non-hydrogen) atoms. The number of rotatable bonds is 8. The molecule has 0 unspecified atom stereocenters. The van der Waals surface area contributed by atoms with E-state index in [2.05, 4.69) is 10.2 Å². The number of ketones is 1. The van der Waals surface area contributed by atoms with Crippen molar-refractivity contribution in [1.29, 1.82) is 0 Å². The van der Waals surface area contributed by atoms with Crippen LogP contribution in [0.25, 0.3) is 10.8 Å². The fraction of sp³-hybridized carbons (Fsp3) is 0.190. The summed E-state index contributed by atoms with van der Waals surface area (Å²) >= 11 is 2.47. The molecule has 0 aliphatic rings. The van der Waals surface area contributed by atoms with Crippen LogP contribution < -0.4 is 17.0 Å². The van der Waals surface area contributed by atoms with Gasteiger partial charge in [0.05, 0.1) is 17.2 Å². The van der Waals surface area contributed by atoms with Crippen molar-refractivity contribution in [3.63, 3.8) is 0 Å². The second-order valence-electron chi connectivity index (χ2n) is 6.73. The van der Waals surface area contributed by atoms with Crippen LogP contribution >= 0.6 is 23.1 Å². The maximum absolute atomic E-state index is 13.0. The number of thiophene rings is 1. The zero-order valence-electron chi connectivity index (χ0n) is 17.1. The molecule has 4 aromatic rings. The number of anilines is 1. The Morgan fingerprint density at radius 3 is 2.59 bits per heavy atom. The molecule has 9 nitrogen and oxygen atoms in total. The van der Waals surface area contributed by atoms with Gasteiger partial charge in [0.1, 0.15) is 11.4 Å². The molecule has 2 N–H and O–H groups in total. The average Bonchev–Trinajstić information content (AvgIpc) is 3.48. The molecule has 0 saturated heterocycles. The second kappa shape index (κ2) is 9.37. The first-order chi connectivity index (χ1) is 15.5. The Morgan fingerprint density at radius 1 is 1.12 bits per heavy atom. The van der Waals surface area contributed by atoms with Crippen LogP contribution in [-0.2, 0) is 13.1 Å². The molecule has 0 radical (unpaired) electrons. The topological polar surface area (TPSA) is 126 Å². The van der Waals surface area contributed by atoms with Crippen molar-refractivity contribution in [1.82, 2.24) is 19.3 Å². The lowest BCUT2D eigenvalue weighted by molar-refractivity contribution is 0.102. The van der Waals surface area contributed by atoms with Gasteiger partial charge in [0, 0.05) is 6.54 Å². The maximum atomic E-state index is 13.0. The van der Waals surface area contributed by atoms with Crippen LogP contribution in [0.2, 0.25) is 0 Å². The van der Waals surface area contributed by atoms with Gasteiger partial charge in [-0.3, -0.25) is 18.7 Å². The van der Waals surface area contributed by atoms with Gasteiger partial charge in [-0.15, -0.1) is 21.5 Å². The summed E-state index contributed by atoms with van der Waals surface area (Å²) in [5.41, 5.74) is 5.52. The summed E-state index contributed by atoms with van der Waals surface area (Å²) in [5.74, 6) is -0.445. The van der Waals surface area contributed by atoms with Crippen molar-refractivity contribution in [3.8, 4) is 10.8 Å². The molecule has 0 atom stereocenters. The Morgan fingerprint density at radius 2 is 1.91 bits per heavy atom. The van der Waals surface area contributed by atoms with Gasteiger partial charge in [-0.1, -0.05) is 48.2 Å². The van der Waals surface area contributed by atoms with Gasteiger partial charge < -0.3 is 10.2 Å². The zero-order chi connectivity index (χ0) is 22.7. The van der Waals surface area contributed by atoms with Crippen molar-refractivity contribution >= 4 is 34.7 Å². The van der Waals surface area contributed by atoms with Crippen LogP contribution in [0.3, 0.4) is 0 Å². The third kappa shape index (κ3) is 4.30. The minimum absolute atomic E-state index is 0.119. The molecular formula is C21H19N5O4S2. The number of nitrogens with two attached hydrogens (primary N) is 1. The summed E-state index contributed by atoms with van der Waals surface area (Å²) in [7, 11) is 0. The maximum Gasteiger partial charge on any atom is 0.332 e. The van der Waals surface area contributed by atoms with E-state index >= 15 is 0 Å². The van der Waals surface area contributed by atoms with E-state index in [0.717, 1.165) is 26.8 Å². The van der Waals surface area contributed by atoms with Crippen molar-refractivity contribution in [2.24, 2.45) is 0 Å². The Balaban J connectivity index is 1.62. The van der Waals surface area contributed by atoms with Crippen LogP contribution in [0.5, 0.6) is 0 Å². The van der Waals surface area contributed by atoms with E-state index in [4.69, 9.17) is 10.2 Å². The zero-order valence-corrected chi connectivity index (χ0v) is 18.7. The number of aromatic nitrogens is 4. The van der Waals surface area contributed by atoms with Gasteiger partial charge in [0.2, 0.25) is 0 Å². The third-order valence-corrected chi connectivity index (χ3v) is 6.39. The molecule has 0 aliphatic carbocycles. The van der Waals surface area contributed by atoms with E-state index in [-0.39, 0.29) is 35.4 Å². The molecule has 164 valence electrons. The SMILES string of the molecule is CCn1c(=O)c(C(=O)CSc2nnc(-c3cccs3)o2)c(N)n(Cc2ccccc2)c1=O. The van der Waals surface area contributed by atoms with Crippen molar-refractivity contribution in [3.05, 3.63) is 79.8 Å². The van der Waals surface area contributed by atoms with Crippen molar-refractivity contribution in [2.75, 3.05) is 11.5 Å². The van der Waals surface area contributed by atoms with Gasteiger partial charge in [0.25, 0.3) is 16.7 Å². The Bertz CT molecular complexity index is 1360. The van der Waals surface area contributed by atoms with Gasteiger partial charge in [-0.2, -0.15) is 0 Å². The van der Waals surface area contributed by atoms with E-state index < -0.39 is 17.0 Å². The summed E-state index contributed by atoms with van der Waals surface area (Å²) in [6, 6.07) is 12.9. The first kappa shape index (κ1) is 21.8. The lowest BCUT2D eigenvalue weighted by atomic mass is 10.2. The smallest absolute Gasteiger partial charge is 0.332 e. The number of hydrogen-bond donors (Lipinski definition) is 1. The van der Waals surface area contributed by atoms with Crippen molar-refractivity contribution in [2.45, 2.75) is 25.2 Å². The lowest BCUT2D eigenvalue weighted by Gasteiger charge is -2.15. The second-order valence-corrected chi connectivity index (χ2v) is 8.60. The number of benzene rings is 1. The van der Waals surface area contributed by atoms with Crippen LogP contribution in [-0.4, -0.2) is 30.9 Å². The number of thioether (sulfide) groups is 1. The highest BCUT2D eigenvalue weighted by molar-refractivity contribution is 7.99. The number of nitrogen functional groups attached to an aromatic ring is 1. The summed E-state index contributed by atoms with van der Waals surface area (Å²) in [6.07, 6.45) is 0. The molecule has 3 aromatic heterocycles. The van der Waals surface area contributed by atoms with E-state index in [1.165, 1.54) is 15.9 Å². The average molecular weight is 470 g/mol. The number of hydrogen-bond acceptors (Lipinski definition) is 9. The monoisotopic (exact) mass is 469 g/mol. The summed E-state index contributed by atoms with van der Waals surface area (Å²) < 4.78 is 7.83. The van der Waals surface area contributed by atoms with Crippen LogP contribution in [0, 0.1) is 0 Å². The van der Waals surface area contributed by atoms with Crippen LogP contribution in [0.1, 0.15) is 22.8 Å². The van der Waals surface area contributed by atoms with Gasteiger partial charge in [-0.25, -0.2) is 4.79 Å². The highest BCUT2D eigenvalue weighted by atomic mass is 32.2.